The maximum absolute atomic E-state index is 12.4. The van der Waals surface area contributed by atoms with Crippen molar-refractivity contribution in [3.63, 3.8) is 0 Å². The number of rotatable bonds is 6. The highest BCUT2D eigenvalue weighted by atomic mass is 16.6. The van der Waals surface area contributed by atoms with Crippen molar-refractivity contribution in [1.82, 2.24) is 30.5 Å². The van der Waals surface area contributed by atoms with E-state index in [9.17, 15) is 4.79 Å². The Morgan fingerprint density at radius 1 is 1.09 bits per heavy atom. The van der Waals surface area contributed by atoms with Gasteiger partial charge in [0.2, 0.25) is 0 Å². The van der Waals surface area contributed by atoms with E-state index in [2.05, 4.69) is 25.8 Å². The molecule has 9 nitrogen and oxygen atoms in total. The van der Waals surface area contributed by atoms with Gasteiger partial charge in [0.15, 0.2) is 5.82 Å². The van der Waals surface area contributed by atoms with Crippen LogP contribution in [0.3, 0.4) is 0 Å². The Hall–Kier alpha value is -4.27. The molecule has 9 heteroatoms. The Labute approximate surface area is 185 Å². The molecule has 0 radical (unpaired) electrons. The molecule has 0 saturated heterocycles. The van der Waals surface area contributed by atoms with Crippen LogP contribution in [0.4, 0.5) is 10.6 Å². The number of nitrogens with zero attached hydrogens (tertiary/aromatic N) is 5. The number of tetrazole rings is 1. The van der Waals surface area contributed by atoms with Gasteiger partial charge in [0.25, 0.3) is 0 Å². The molecular formula is C23H23N7O2. The second-order valence-electron chi connectivity index (χ2n) is 7.28. The Morgan fingerprint density at radius 2 is 1.91 bits per heavy atom. The predicted octanol–water partition coefficient (Wildman–Crippen LogP) is 3.47. The van der Waals surface area contributed by atoms with Gasteiger partial charge < -0.3 is 15.8 Å². The third-order valence-corrected chi connectivity index (χ3v) is 4.87. The predicted molar refractivity (Wildman–Crippen MR) is 120 cm³/mol. The fourth-order valence-corrected chi connectivity index (χ4v) is 3.16. The van der Waals surface area contributed by atoms with Gasteiger partial charge in [-0.1, -0.05) is 42.8 Å². The number of ether oxygens (including phenoxy) is 1. The van der Waals surface area contributed by atoms with Crippen molar-refractivity contribution in [2.45, 2.75) is 26.8 Å². The molecular weight excluding hydrogens is 406 g/mol. The number of carbonyl (C=O) groups is 1. The normalized spacial score (nSPS) is 10.7. The summed E-state index contributed by atoms with van der Waals surface area (Å²) >= 11 is 0. The first-order valence-electron chi connectivity index (χ1n) is 10.2. The lowest BCUT2D eigenvalue weighted by atomic mass is 10.0. The quantitative estimate of drug-likeness (QED) is 0.481. The highest BCUT2D eigenvalue weighted by Crippen LogP contribution is 2.28. The topological polar surface area (TPSA) is 121 Å². The molecule has 32 heavy (non-hydrogen) atoms. The molecule has 4 rings (SSSR count). The number of carbonyl (C=O) groups excluding carboxylic acids is 1. The molecule has 162 valence electrons. The molecule has 4 aromatic rings. The molecule has 0 aliphatic heterocycles. The van der Waals surface area contributed by atoms with Crippen molar-refractivity contribution in [3.8, 4) is 22.6 Å². The molecule has 0 saturated carbocycles. The average molecular weight is 429 g/mol. The van der Waals surface area contributed by atoms with Crippen LogP contribution < -0.4 is 15.8 Å². The minimum atomic E-state index is -0.582. The van der Waals surface area contributed by atoms with E-state index in [-0.39, 0.29) is 6.54 Å². The van der Waals surface area contributed by atoms with E-state index in [4.69, 9.17) is 10.5 Å². The van der Waals surface area contributed by atoms with Crippen LogP contribution in [0.2, 0.25) is 0 Å². The lowest BCUT2D eigenvalue weighted by Crippen LogP contribution is -2.26. The van der Waals surface area contributed by atoms with Crippen LogP contribution in [0.1, 0.15) is 23.9 Å². The number of hydrogen-bond donors (Lipinski definition) is 2. The summed E-state index contributed by atoms with van der Waals surface area (Å²) < 4.78 is 7.22. The minimum absolute atomic E-state index is 0.267. The number of aromatic nitrogens is 5. The summed E-state index contributed by atoms with van der Waals surface area (Å²) in [5, 5.41) is 14.6. The average Bonchev–Trinajstić information content (AvgIpc) is 3.28. The lowest BCUT2D eigenvalue weighted by molar-refractivity contribution is 0.200. The Bertz CT molecular complexity index is 1220. The third kappa shape index (κ3) is 4.89. The lowest BCUT2D eigenvalue weighted by Gasteiger charge is -2.12. The van der Waals surface area contributed by atoms with Crippen molar-refractivity contribution in [1.29, 1.82) is 0 Å². The molecule has 2 heterocycles. The Balaban J connectivity index is 1.60. The van der Waals surface area contributed by atoms with Crippen molar-refractivity contribution >= 4 is 11.9 Å². The number of amides is 1. The molecule has 2 aromatic carbocycles. The molecule has 0 aliphatic rings. The van der Waals surface area contributed by atoms with Crippen LogP contribution >= 0.6 is 0 Å². The second-order valence-corrected chi connectivity index (χ2v) is 7.28. The summed E-state index contributed by atoms with van der Waals surface area (Å²) in [4.78, 5) is 16.5. The molecule has 0 fully saturated rings. The number of nitrogens with one attached hydrogen (secondary N) is 1. The molecule has 0 unspecified atom stereocenters. The van der Waals surface area contributed by atoms with Gasteiger partial charge >= 0.3 is 6.09 Å². The summed E-state index contributed by atoms with van der Waals surface area (Å²) in [6.07, 6.45) is 1.69. The van der Waals surface area contributed by atoms with E-state index in [0.717, 1.165) is 22.3 Å². The van der Waals surface area contributed by atoms with Crippen LogP contribution in [0.5, 0.6) is 5.75 Å². The Morgan fingerprint density at radius 3 is 2.62 bits per heavy atom. The number of anilines is 1. The van der Waals surface area contributed by atoms with Gasteiger partial charge in [-0.05, 0) is 52.2 Å². The van der Waals surface area contributed by atoms with E-state index in [0.29, 0.717) is 29.5 Å². The van der Waals surface area contributed by atoms with E-state index in [1.165, 1.54) is 0 Å². The molecule has 2 aromatic heterocycles. The first-order chi connectivity index (χ1) is 15.5. The summed E-state index contributed by atoms with van der Waals surface area (Å²) in [6.45, 7) is 4.27. The van der Waals surface area contributed by atoms with Crippen LogP contribution in [0.25, 0.3) is 16.8 Å². The fourth-order valence-electron chi connectivity index (χ4n) is 3.16. The van der Waals surface area contributed by atoms with Crippen LogP contribution in [-0.4, -0.2) is 31.3 Å². The number of pyridine rings is 1. The minimum Gasteiger partial charge on any atom is -0.410 e. The highest BCUT2D eigenvalue weighted by molar-refractivity contribution is 5.73. The van der Waals surface area contributed by atoms with Gasteiger partial charge in [0.05, 0.1) is 5.69 Å². The highest BCUT2D eigenvalue weighted by Gasteiger charge is 2.13. The van der Waals surface area contributed by atoms with E-state index in [1.54, 1.807) is 29.1 Å². The molecule has 0 spiro atoms. The molecule has 0 atom stereocenters. The smallest absolute Gasteiger partial charge is 0.410 e. The molecule has 3 N–H and O–H groups in total. The van der Waals surface area contributed by atoms with E-state index >= 15 is 0 Å². The van der Waals surface area contributed by atoms with Crippen molar-refractivity contribution < 1.29 is 9.53 Å². The van der Waals surface area contributed by atoms with Crippen molar-refractivity contribution in [2.75, 3.05) is 5.73 Å². The van der Waals surface area contributed by atoms with Crippen molar-refractivity contribution in [2.24, 2.45) is 0 Å². The molecule has 0 bridgehead atoms. The number of nitrogens with two attached hydrogens (primary N) is 1. The summed E-state index contributed by atoms with van der Waals surface area (Å²) in [6, 6.07) is 17.1. The largest absolute Gasteiger partial charge is 0.412 e. The molecule has 0 aliphatic carbocycles. The number of nitrogen functional groups attached to an aromatic ring is 1. The van der Waals surface area contributed by atoms with Crippen LogP contribution in [0, 0.1) is 6.92 Å². The standard InChI is InChI=1S/C23H23N7O2/c1-3-22-27-28-29-30(22)19-10-18(17-7-4-15(2)5-8-17)11-20(12-19)32-23(31)26-14-16-6-9-21(24)25-13-16/h4-13H,3,14H2,1-2H3,(H2,24,25)(H,26,31). The second kappa shape index (κ2) is 9.25. The zero-order valence-electron chi connectivity index (χ0n) is 17.8. The zero-order valence-corrected chi connectivity index (χ0v) is 17.8. The number of hydrogen-bond acceptors (Lipinski definition) is 7. The summed E-state index contributed by atoms with van der Waals surface area (Å²) in [7, 11) is 0. The van der Waals surface area contributed by atoms with Gasteiger partial charge in [0.1, 0.15) is 11.6 Å². The number of aryl methyl sites for hydroxylation is 2. The number of benzene rings is 2. The van der Waals surface area contributed by atoms with Gasteiger partial charge in [-0.25, -0.2) is 9.78 Å². The summed E-state index contributed by atoms with van der Waals surface area (Å²) in [5.74, 6) is 1.51. The van der Waals surface area contributed by atoms with Crippen molar-refractivity contribution in [3.05, 3.63) is 77.7 Å². The maximum atomic E-state index is 12.4. The van der Waals surface area contributed by atoms with Gasteiger partial charge in [-0.2, -0.15) is 4.68 Å². The van der Waals surface area contributed by atoms with Gasteiger partial charge in [-0.3, -0.25) is 0 Å². The molecule has 1 amide bonds. The van der Waals surface area contributed by atoms with E-state index < -0.39 is 6.09 Å². The van der Waals surface area contributed by atoms with Gasteiger partial charge in [-0.15, -0.1) is 5.10 Å². The van der Waals surface area contributed by atoms with E-state index in [1.807, 2.05) is 50.2 Å². The van der Waals surface area contributed by atoms with Gasteiger partial charge in [0, 0.05) is 25.2 Å². The first kappa shape index (κ1) is 21.0. The summed E-state index contributed by atoms with van der Waals surface area (Å²) in [5.41, 5.74) is 10.1. The monoisotopic (exact) mass is 429 g/mol. The SMILES string of the molecule is CCc1nnnn1-c1cc(OC(=O)NCc2ccc(N)nc2)cc(-c2ccc(C)cc2)c1. The Kier molecular flexibility index (Phi) is 6.07. The first-order valence-corrected chi connectivity index (χ1v) is 10.2. The fraction of sp³-hybridized carbons (Fsp3) is 0.174. The maximum Gasteiger partial charge on any atom is 0.412 e. The zero-order chi connectivity index (χ0) is 22.5. The third-order valence-electron chi connectivity index (χ3n) is 4.87. The van der Waals surface area contributed by atoms with Crippen LogP contribution in [0.15, 0.2) is 60.8 Å². The van der Waals surface area contributed by atoms with Crippen LogP contribution in [-0.2, 0) is 13.0 Å².